The predicted octanol–water partition coefficient (Wildman–Crippen LogP) is 1.79. The van der Waals surface area contributed by atoms with Crippen molar-refractivity contribution < 1.29 is 5.11 Å². The van der Waals surface area contributed by atoms with Crippen LogP contribution in [0.2, 0.25) is 0 Å². The molecule has 1 aliphatic rings. The molecule has 0 saturated carbocycles. The Bertz CT molecular complexity index is 195. The second-order valence-electron chi connectivity index (χ2n) is 2.24. The lowest BCUT2D eigenvalue weighted by Gasteiger charge is -2.25. The number of hydrogen-bond acceptors (Lipinski definition) is 1. The number of aliphatic hydroxyl groups is 1. The molecule has 0 bridgehead atoms. The van der Waals surface area contributed by atoms with E-state index in [1.807, 2.05) is 12.2 Å². The molecular formula is C8H9BrO. The first kappa shape index (κ1) is 7.76. The number of hydrogen-bond donors (Lipinski definition) is 1. The van der Waals surface area contributed by atoms with Gasteiger partial charge in [0, 0.05) is 0 Å². The second-order valence-corrected chi connectivity index (χ2v) is 3.22. The van der Waals surface area contributed by atoms with Gasteiger partial charge in [-0.2, -0.15) is 0 Å². The topological polar surface area (TPSA) is 20.2 Å². The maximum Gasteiger partial charge on any atom is 0.117 e. The molecule has 1 aliphatic carbocycles. The van der Waals surface area contributed by atoms with Crippen LogP contribution in [0.4, 0.5) is 0 Å². The van der Waals surface area contributed by atoms with Crippen molar-refractivity contribution in [3.63, 3.8) is 0 Å². The van der Waals surface area contributed by atoms with Gasteiger partial charge in [-0.1, -0.05) is 46.8 Å². The fraction of sp³-hybridized carbons (Fsp3) is 0.250. The Labute approximate surface area is 68.9 Å². The molecule has 0 heterocycles. The highest BCUT2D eigenvalue weighted by Gasteiger charge is 2.27. The normalized spacial score (nSPS) is 38.0. The van der Waals surface area contributed by atoms with Crippen LogP contribution in [-0.4, -0.2) is 15.5 Å². The van der Waals surface area contributed by atoms with Gasteiger partial charge in [0.05, 0.1) is 4.83 Å². The van der Waals surface area contributed by atoms with Crippen LogP contribution in [0.25, 0.3) is 0 Å². The van der Waals surface area contributed by atoms with Crippen LogP contribution >= 0.6 is 15.9 Å². The second kappa shape index (κ2) is 2.72. The molecule has 0 aliphatic heterocycles. The van der Waals surface area contributed by atoms with E-state index < -0.39 is 5.60 Å². The summed E-state index contributed by atoms with van der Waals surface area (Å²) in [6.07, 6.45) is 8.80. The summed E-state index contributed by atoms with van der Waals surface area (Å²) in [5.41, 5.74) is -0.908. The van der Waals surface area contributed by atoms with Crippen molar-refractivity contribution >= 4 is 15.9 Å². The molecule has 2 atom stereocenters. The highest BCUT2D eigenvalue weighted by atomic mass is 79.9. The van der Waals surface area contributed by atoms with E-state index in [1.54, 1.807) is 12.2 Å². The summed E-state index contributed by atoms with van der Waals surface area (Å²) >= 11 is 3.31. The third kappa shape index (κ3) is 1.22. The lowest BCUT2D eigenvalue weighted by Crippen LogP contribution is -2.33. The summed E-state index contributed by atoms with van der Waals surface area (Å²) in [5.74, 6) is 0. The van der Waals surface area contributed by atoms with Crippen LogP contribution in [-0.2, 0) is 0 Å². The Morgan fingerprint density at radius 1 is 1.60 bits per heavy atom. The van der Waals surface area contributed by atoms with Crippen molar-refractivity contribution in [1.29, 1.82) is 0 Å². The Hall–Kier alpha value is -0.340. The van der Waals surface area contributed by atoms with E-state index >= 15 is 0 Å². The molecule has 1 N–H and O–H groups in total. The Morgan fingerprint density at radius 2 is 2.30 bits per heavy atom. The Morgan fingerprint density at radius 3 is 2.70 bits per heavy atom. The van der Waals surface area contributed by atoms with Crippen LogP contribution in [0.5, 0.6) is 0 Å². The molecule has 0 radical (unpaired) electrons. The molecular weight excluding hydrogens is 192 g/mol. The number of alkyl halides is 1. The summed E-state index contributed by atoms with van der Waals surface area (Å²) in [6.45, 7) is 3.54. The van der Waals surface area contributed by atoms with E-state index in [0.29, 0.717) is 0 Å². The fourth-order valence-electron chi connectivity index (χ4n) is 0.798. The van der Waals surface area contributed by atoms with Crippen molar-refractivity contribution in [2.45, 2.75) is 10.4 Å². The molecule has 0 aromatic rings. The molecule has 1 nitrogen and oxygen atoms in total. The highest BCUT2D eigenvalue weighted by molar-refractivity contribution is 9.09. The molecule has 54 valence electrons. The van der Waals surface area contributed by atoms with Gasteiger partial charge in [0.1, 0.15) is 5.60 Å². The number of allylic oxidation sites excluding steroid dienone is 2. The third-order valence-corrected chi connectivity index (χ3v) is 2.56. The minimum absolute atomic E-state index is 0.0532. The summed E-state index contributed by atoms with van der Waals surface area (Å²) in [5, 5.41) is 9.65. The van der Waals surface area contributed by atoms with Crippen LogP contribution in [0, 0.1) is 0 Å². The summed E-state index contributed by atoms with van der Waals surface area (Å²) in [6, 6.07) is 0. The van der Waals surface area contributed by atoms with Gasteiger partial charge in [0.25, 0.3) is 0 Å². The van der Waals surface area contributed by atoms with E-state index in [-0.39, 0.29) is 4.83 Å². The molecule has 0 saturated heterocycles. The Balaban J connectivity index is 2.87. The maximum absolute atomic E-state index is 9.65. The van der Waals surface area contributed by atoms with Crippen molar-refractivity contribution in [2.24, 2.45) is 0 Å². The van der Waals surface area contributed by atoms with Crippen molar-refractivity contribution in [1.82, 2.24) is 0 Å². The minimum Gasteiger partial charge on any atom is -0.380 e. The molecule has 0 fully saturated rings. The van der Waals surface area contributed by atoms with Crippen LogP contribution in [0.15, 0.2) is 37.0 Å². The number of rotatable bonds is 1. The van der Waals surface area contributed by atoms with Crippen LogP contribution < -0.4 is 0 Å². The van der Waals surface area contributed by atoms with E-state index in [0.717, 1.165) is 0 Å². The predicted molar refractivity (Wildman–Crippen MR) is 46.1 cm³/mol. The molecule has 0 aromatic heterocycles. The van der Waals surface area contributed by atoms with Crippen molar-refractivity contribution in [3.05, 3.63) is 37.0 Å². The zero-order valence-electron chi connectivity index (χ0n) is 5.50. The zero-order valence-corrected chi connectivity index (χ0v) is 7.08. The maximum atomic E-state index is 9.65. The minimum atomic E-state index is -0.908. The quantitative estimate of drug-likeness (QED) is 0.506. The van der Waals surface area contributed by atoms with Crippen molar-refractivity contribution in [2.75, 3.05) is 0 Å². The van der Waals surface area contributed by atoms with E-state index in [1.165, 1.54) is 6.08 Å². The van der Waals surface area contributed by atoms with Gasteiger partial charge in [-0.25, -0.2) is 0 Å². The first-order chi connectivity index (χ1) is 4.69. The van der Waals surface area contributed by atoms with Gasteiger partial charge in [-0.05, 0) is 6.08 Å². The van der Waals surface area contributed by atoms with E-state index in [4.69, 9.17) is 0 Å². The largest absolute Gasteiger partial charge is 0.380 e. The Kier molecular flexibility index (Phi) is 2.11. The molecule has 0 aromatic carbocycles. The third-order valence-electron chi connectivity index (χ3n) is 1.52. The molecule has 10 heavy (non-hydrogen) atoms. The van der Waals surface area contributed by atoms with Crippen molar-refractivity contribution in [3.8, 4) is 0 Å². The average Bonchev–Trinajstić information content (AvgIpc) is 1.96. The average molecular weight is 201 g/mol. The SMILES string of the molecule is C=CC1(O)C=CC=CC1Br. The molecule has 2 unspecified atom stereocenters. The van der Waals surface area contributed by atoms with Gasteiger partial charge in [0.15, 0.2) is 0 Å². The summed E-state index contributed by atoms with van der Waals surface area (Å²) < 4.78 is 0. The lowest BCUT2D eigenvalue weighted by atomic mass is 9.96. The number of halogens is 1. The van der Waals surface area contributed by atoms with E-state index in [2.05, 4.69) is 22.5 Å². The van der Waals surface area contributed by atoms with Crippen LogP contribution in [0.3, 0.4) is 0 Å². The van der Waals surface area contributed by atoms with E-state index in [9.17, 15) is 5.11 Å². The van der Waals surface area contributed by atoms with Gasteiger partial charge in [0.2, 0.25) is 0 Å². The first-order valence-electron chi connectivity index (χ1n) is 3.05. The molecule has 2 heteroatoms. The molecule has 1 rings (SSSR count). The monoisotopic (exact) mass is 200 g/mol. The van der Waals surface area contributed by atoms with Gasteiger partial charge < -0.3 is 5.11 Å². The van der Waals surface area contributed by atoms with Crippen LogP contribution in [0.1, 0.15) is 0 Å². The van der Waals surface area contributed by atoms with Gasteiger partial charge in [-0.3, -0.25) is 0 Å². The zero-order chi connectivity index (χ0) is 7.61. The molecule has 0 spiro atoms. The highest BCUT2D eigenvalue weighted by Crippen LogP contribution is 2.25. The fourth-order valence-corrected chi connectivity index (χ4v) is 1.31. The standard InChI is InChI=1S/C8H9BrO/c1-2-8(10)6-4-3-5-7(8)9/h2-7,10H,1H2. The first-order valence-corrected chi connectivity index (χ1v) is 3.97. The lowest BCUT2D eigenvalue weighted by molar-refractivity contribution is 0.152. The van der Waals surface area contributed by atoms with Gasteiger partial charge in [-0.15, -0.1) is 0 Å². The summed E-state index contributed by atoms with van der Waals surface area (Å²) in [7, 11) is 0. The summed E-state index contributed by atoms with van der Waals surface area (Å²) in [4.78, 5) is -0.0532. The molecule has 0 amide bonds. The van der Waals surface area contributed by atoms with Gasteiger partial charge >= 0.3 is 0 Å². The smallest absolute Gasteiger partial charge is 0.117 e.